The minimum atomic E-state index is -4.16. The zero-order chi connectivity index (χ0) is 23.8. The van der Waals surface area contributed by atoms with Gasteiger partial charge in [-0.25, -0.2) is 13.2 Å². The van der Waals surface area contributed by atoms with E-state index in [1.165, 1.54) is 23.5 Å². The minimum Gasteiger partial charge on any atom is -0.462 e. The number of ether oxygens (including phenoxy) is 1. The van der Waals surface area contributed by atoms with Crippen LogP contribution in [0.5, 0.6) is 0 Å². The number of carbonyl (C=O) groups excluding carboxylic acids is 1. The van der Waals surface area contributed by atoms with Crippen LogP contribution in [-0.2, 0) is 27.6 Å². The van der Waals surface area contributed by atoms with Gasteiger partial charge in [0.1, 0.15) is 5.00 Å². The Bertz CT molecular complexity index is 1160. The highest BCUT2D eigenvalue weighted by Gasteiger charge is 2.35. The fourth-order valence-electron chi connectivity index (χ4n) is 3.99. The summed E-state index contributed by atoms with van der Waals surface area (Å²) >= 11 is 1.25. The van der Waals surface area contributed by atoms with Crippen molar-refractivity contribution in [2.24, 2.45) is 11.3 Å². The highest BCUT2D eigenvalue weighted by molar-refractivity contribution is 7.93. The lowest BCUT2D eigenvalue weighted by molar-refractivity contribution is -0.385. The summed E-state index contributed by atoms with van der Waals surface area (Å²) in [4.78, 5) is 24.1. The van der Waals surface area contributed by atoms with E-state index < -0.39 is 20.9 Å². The van der Waals surface area contributed by atoms with Gasteiger partial charge in [-0.05, 0) is 55.6 Å². The summed E-state index contributed by atoms with van der Waals surface area (Å²) in [7, 11) is -4.16. The number of hydrogen-bond donors (Lipinski definition) is 1. The lowest BCUT2D eigenvalue weighted by atomic mass is 9.72. The number of carbonyl (C=O) groups is 1. The Balaban J connectivity index is 2.06. The van der Waals surface area contributed by atoms with Gasteiger partial charge in [0, 0.05) is 17.0 Å². The second kappa shape index (κ2) is 8.82. The monoisotopic (exact) mass is 480 g/mol. The number of nitrogens with zero attached hydrogens (tertiary/aromatic N) is 1. The number of non-ortho nitro benzene ring substituents is 1. The van der Waals surface area contributed by atoms with Gasteiger partial charge in [-0.1, -0.05) is 26.8 Å². The topological polar surface area (TPSA) is 116 Å². The fourth-order valence-corrected chi connectivity index (χ4v) is 6.87. The number of nitro groups is 1. The predicted molar refractivity (Wildman–Crippen MR) is 124 cm³/mol. The Morgan fingerprint density at radius 3 is 2.62 bits per heavy atom. The van der Waals surface area contributed by atoms with Gasteiger partial charge < -0.3 is 4.74 Å². The van der Waals surface area contributed by atoms with Gasteiger partial charge in [0.25, 0.3) is 15.7 Å². The number of nitro benzene ring substituents is 1. The molecule has 10 heteroatoms. The Morgan fingerprint density at radius 2 is 2.03 bits per heavy atom. The average molecular weight is 481 g/mol. The first-order valence-corrected chi connectivity index (χ1v) is 12.7. The van der Waals surface area contributed by atoms with Crippen molar-refractivity contribution in [1.82, 2.24) is 0 Å². The van der Waals surface area contributed by atoms with Crippen molar-refractivity contribution in [3.63, 3.8) is 0 Å². The van der Waals surface area contributed by atoms with E-state index in [4.69, 9.17) is 4.74 Å². The van der Waals surface area contributed by atoms with Crippen LogP contribution in [-0.4, -0.2) is 25.9 Å². The van der Waals surface area contributed by atoms with Crippen LogP contribution >= 0.6 is 11.3 Å². The molecule has 0 radical (unpaired) electrons. The molecule has 0 spiro atoms. The summed E-state index contributed by atoms with van der Waals surface area (Å²) < 4.78 is 34.1. The van der Waals surface area contributed by atoms with Crippen molar-refractivity contribution >= 4 is 38.0 Å². The van der Waals surface area contributed by atoms with Gasteiger partial charge in [0.2, 0.25) is 0 Å². The summed E-state index contributed by atoms with van der Waals surface area (Å²) in [6.07, 6.45) is 2.32. The molecule has 1 aromatic carbocycles. The van der Waals surface area contributed by atoms with Crippen molar-refractivity contribution in [3.8, 4) is 0 Å². The Morgan fingerprint density at radius 1 is 1.34 bits per heavy atom. The molecule has 1 aliphatic carbocycles. The number of esters is 1. The minimum absolute atomic E-state index is 0.0888. The fraction of sp³-hybridized carbons (Fsp3) is 0.500. The van der Waals surface area contributed by atoms with Crippen LogP contribution in [0.4, 0.5) is 10.7 Å². The van der Waals surface area contributed by atoms with Crippen LogP contribution in [0.3, 0.4) is 0 Å². The SMILES string of the molecule is CCOC(=O)c1c(NS(=O)(=O)c2cc([N+](=O)[O-])ccc2C)sc2c1CC[C@@H](C(C)(C)C)C2. The summed E-state index contributed by atoms with van der Waals surface area (Å²) in [5.74, 6) is -0.153. The van der Waals surface area contributed by atoms with Crippen molar-refractivity contribution in [2.75, 3.05) is 11.3 Å². The Kier molecular flexibility index (Phi) is 6.67. The smallest absolute Gasteiger partial charge is 0.341 e. The number of rotatable bonds is 6. The first-order chi connectivity index (χ1) is 14.8. The van der Waals surface area contributed by atoms with E-state index in [1.807, 2.05) is 0 Å². The normalized spacial score (nSPS) is 16.3. The molecule has 174 valence electrons. The summed E-state index contributed by atoms with van der Waals surface area (Å²) in [6, 6.07) is 3.69. The van der Waals surface area contributed by atoms with E-state index in [0.717, 1.165) is 29.3 Å². The molecule has 32 heavy (non-hydrogen) atoms. The van der Waals surface area contributed by atoms with Crippen LogP contribution in [0.15, 0.2) is 23.1 Å². The van der Waals surface area contributed by atoms with Crippen molar-refractivity contribution in [3.05, 3.63) is 49.9 Å². The number of sulfonamides is 1. The molecule has 1 atom stereocenters. The van der Waals surface area contributed by atoms with E-state index in [1.54, 1.807) is 13.8 Å². The van der Waals surface area contributed by atoms with E-state index in [-0.39, 0.29) is 33.2 Å². The maximum atomic E-state index is 13.2. The standard InChI is InChI=1S/C22H28N2O6S2/c1-6-30-21(25)19-16-10-8-14(22(3,4)5)11-17(16)31-20(19)23-32(28,29)18-12-15(24(26)27)9-7-13(18)2/h7,9,12,14,23H,6,8,10-11H2,1-5H3/t14-/m1/s1. The molecule has 0 saturated heterocycles. The molecule has 0 bridgehead atoms. The Labute approximate surface area is 192 Å². The van der Waals surface area contributed by atoms with E-state index >= 15 is 0 Å². The molecule has 0 amide bonds. The molecule has 1 N–H and O–H groups in total. The largest absolute Gasteiger partial charge is 0.462 e. The van der Waals surface area contributed by atoms with Gasteiger partial charge in [-0.3, -0.25) is 14.8 Å². The van der Waals surface area contributed by atoms with Gasteiger partial charge in [-0.15, -0.1) is 11.3 Å². The predicted octanol–water partition coefficient (Wildman–Crippen LogP) is 5.09. The number of benzene rings is 1. The quantitative estimate of drug-likeness (QED) is 0.350. The van der Waals surface area contributed by atoms with Crippen LogP contribution in [0, 0.1) is 28.4 Å². The van der Waals surface area contributed by atoms with Crippen LogP contribution in [0.25, 0.3) is 0 Å². The molecule has 1 aromatic heterocycles. The highest BCUT2D eigenvalue weighted by atomic mass is 32.2. The molecule has 0 unspecified atom stereocenters. The second-order valence-corrected chi connectivity index (χ2v) is 11.8. The molecule has 8 nitrogen and oxygen atoms in total. The third kappa shape index (κ3) is 4.80. The van der Waals surface area contributed by atoms with Crippen molar-refractivity contribution in [2.45, 2.75) is 58.8 Å². The number of anilines is 1. The zero-order valence-electron chi connectivity index (χ0n) is 18.9. The lowest BCUT2D eigenvalue weighted by Gasteiger charge is -2.33. The first kappa shape index (κ1) is 24.2. The van der Waals surface area contributed by atoms with E-state index in [0.29, 0.717) is 17.9 Å². The van der Waals surface area contributed by atoms with Gasteiger partial charge in [-0.2, -0.15) is 0 Å². The van der Waals surface area contributed by atoms with Crippen LogP contribution in [0.2, 0.25) is 0 Å². The molecule has 2 aromatic rings. The molecular formula is C22H28N2O6S2. The van der Waals surface area contributed by atoms with Gasteiger partial charge in [0.05, 0.1) is 22.0 Å². The van der Waals surface area contributed by atoms with Crippen LogP contribution in [0.1, 0.15) is 60.5 Å². The first-order valence-electron chi connectivity index (χ1n) is 10.4. The third-order valence-electron chi connectivity index (χ3n) is 5.87. The lowest BCUT2D eigenvalue weighted by Crippen LogP contribution is -2.26. The van der Waals surface area contributed by atoms with E-state index in [9.17, 15) is 23.3 Å². The zero-order valence-corrected chi connectivity index (χ0v) is 20.5. The van der Waals surface area contributed by atoms with E-state index in [2.05, 4.69) is 25.5 Å². The average Bonchev–Trinajstić information content (AvgIpc) is 3.03. The van der Waals surface area contributed by atoms with Crippen LogP contribution < -0.4 is 4.72 Å². The molecule has 1 heterocycles. The molecule has 1 aliphatic rings. The molecule has 0 fully saturated rings. The highest BCUT2D eigenvalue weighted by Crippen LogP contribution is 2.45. The maximum absolute atomic E-state index is 13.2. The van der Waals surface area contributed by atoms with Gasteiger partial charge in [0.15, 0.2) is 0 Å². The van der Waals surface area contributed by atoms with Crippen molar-refractivity contribution in [1.29, 1.82) is 0 Å². The number of nitrogens with one attached hydrogen (secondary N) is 1. The number of fused-ring (bicyclic) bond motifs is 1. The molecule has 0 aliphatic heterocycles. The second-order valence-electron chi connectivity index (χ2n) is 9.05. The van der Waals surface area contributed by atoms with Gasteiger partial charge >= 0.3 is 5.97 Å². The molecular weight excluding hydrogens is 452 g/mol. The Hall–Kier alpha value is -2.46. The third-order valence-corrected chi connectivity index (χ3v) is 8.66. The summed E-state index contributed by atoms with van der Waals surface area (Å²) in [6.45, 7) is 9.97. The number of aryl methyl sites for hydroxylation is 1. The maximum Gasteiger partial charge on any atom is 0.341 e. The number of thiophene rings is 1. The summed E-state index contributed by atoms with van der Waals surface area (Å²) in [5, 5.41) is 11.3. The summed E-state index contributed by atoms with van der Waals surface area (Å²) in [5.41, 5.74) is 1.23. The number of hydrogen-bond acceptors (Lipinski definition) is 7. The van der Waals surface area contributed by atoms with Crippen molar-refractivity contribution < 1.29 is 22.9 Å². The molecule has 3 rings (SSSR count). The molecule has 0 saturated carbocycles.